The number of hydrazone groups is 1. The van der Waals surface area contributed by atoms with E-state index in [0.717, 1.165) is 19.6 Å². The first-order chi connectivity index (χ1) is 8.66. The predicted octanol–water partition coefficient (Wildman–Crippen LogP) is -0.681. The second-order valence-electron chi connectivity index (χ2n) is 5.37. The molecule has 3 rings (SSSR count). The molecule has 6 heteroatoms. The summed E-state index contributed by atoms with van der Waals surface area (Å²) in [5, 5.41) is 7.27. The quantitative estimate of drug-likeness (QED) is 0.647. The maximum absolute atomic E-state index is 12.4. The number of hydrogen-bond donors (Lipinski definition) is 2. The van der Waals surface area contributed by atoms with Gasteiger partial charge in [0, 0.05) is 38.5 Å². The number of carbonyl (C=O) groups is 2. The minimum atomic E-state index is -0.109. The van der Waals surface area contributed by atoms with E-state index < -0.39 is 0 Å². The van der Waals surface area contributed by atoms with Crippen molar-refractivity contribution in [3.8, 4) is 0 Å². The first kappa shape index (κ1) is 11.6. The molecule has 2 fully saturated rings. The highest BCUT2D eigenvalue weighted by molar-refractivity contribution is 6.39. The fourth-order valence-electron chi connectivity index (χ4n) is 3.23. The second-order valence-corrected chi connectivity index (χ2v) is 5.37. The van der Waals surface area contributed by atoms with Crippen LogP contribution in [0.25, 0.3) is 0 Å². The Labute approximate surface area is 106 Å². The van der Waals surface area contributed by atoms with Gasteiger partial charge in [0.15, 0.2) is 0 Å². The molecule has 0 spiro atoms. The molecule has 98 valence electrons. The van der Waals surface area contributed by atoms with Crippen molar-refractivity contribution in [1.82, 2.24) is 15.6 Å². The Kier molecular flexibility index (Phi) is 2.81. The zero-order chi connectivity index (χ0) is 12.7. The predicted molar refractivity (Wildman–Crippen MR) is 65.8 cm³/mol. The summed E-state index contributed by atoms with van der Waals surface area (Å²) < 4.78 is 0. The molecule has 2 N–H and O–H groups in total. The van der Waals surface area contributed by atoms with Gasteiger partial charge in [0.25, 0.3) is 5.91 Å². The summed E-state index contributed by atoms with van der Waals surface area (Å²) in [5.41, 5.74) is 2.89. The average Bonchev–Trinajstić information content (AvgIpc) is 2.93. The van der Waals surface area contributed by atoms with Gasteiger partial charge in [0.2, 0.25) is 5.91 Å². The van der Waals surface area contributed by atoms with Gasteiger partial charge in [0.1, 0.15) is 5.71 Å². The summed E-state index contributed by atoms with van der Waals surface area (Å²) in [6.45, 7) is 4.92. The third-order valence-electron chi connectivity index (χ3n) is 4.35. The maximum atomic E-state index is 12.4. The SMILES string of the molecule is CC1C2CNCC2CN1C(=O)C1=NNC(=O)CC1. The van der Waals surface area contributed by atoms with Crippen LogP contribution in [0.15, 0.2) is 5.10 Å². The summed E-state index contributed by atoms with van der Waals surface area (Å²) in [6.07, 6.45) is 0.822. The van der Waals surface area contributed by atoms with Gasteiger partial charge in [-0.3, -0.25) is 9.59 Å². The van der Waals surface area contributed by atoms with Crippen LogP contribution in [-0.4, -0.2) is 48.1 Å². The molecule has 3 heterocycles. The van der Waals surface area contributed by atoms with Crippen molar-refractivity contribution in [1.29, 1.82) is 0 Å². The van der Waals surface area contributed by atoms with Crippen LogP contribution < -0.4 is 10.7 Å². The topological polar surface area (TPSA) is 73.8 Å². The van der Waals surface area contributed by atoms with Crippen LogP contribution in [0.2, 0.25) is 0 Å². The van der Waals surface area contributed by atoms with Crippen LogP contribution in [0, 0.1) is 11.8 Å². The normalized spacial score (nSPS) is 35.2. The highest BCUT2D eigenvalue weighted by Crippen LogP contribution is 2.32. The number of fused-ring (bicyclic) bond motifs is 1. The van der Waals surface area contributed by atoms with E-state index >= 15 is 0 Å². The Hall–Kier alpha value is -1.43. The molecule has 2 amide bonds. The van der Waals surface area contributed by atoms with E-state index in [9.17, 15) is 9.59 Å². The van der Waals surface area contributed by atoms with Crippen LogP contribution in [0.1, 0.15) is 19.8 Å². The Morgan fingerprint density at radius 3 is 2.89 bits per heavy atom. The lowest BCUT2D eigenvalue weighted by atomic mass is 9.95. The molecule has 2 saturated heterocycles. The lowest BCUT2D eigenvalue weighted by molar-refractivity contribution is -0.125. The Balaban J connectivity index is 1.72. The molecule has 3 atom stereocenters. The molecule has 3 aliphatic rings. The molecule has 6 nitrogen and oxygen atoms in total. The summed E-state index contributed by atoms with van der Waals surface area (Å²) >= 11 is 0. The van der Waals surface area contributed by atoms with Gasteiger partial charge in [-0.05, 0) is 18.8 Å². The third kappa shape index (κ3) is 1.80. The first-order valence-electron chi connectivity index (χ1n) is 6.54. The second kappa shape index (κ2) is 4.35. The highest BCUT2D eigenvalue weighted by Gasteiger charge is 2.44. The summed E-state index contributed by atoms with van der Waals surface area (Å²) in [6, 6.07) is 0.262. The molecule has 0 aromatic carbocycles. The first-order valence-corrected chi connectivity index (χ1v) is 6.54. The zero-order valence-electron chi connectivity index (χ0n) is 10.5. The fraction of sp³-hybridized carbons (Fsp3) is 0.750. The van der Waals surface area contributed by atoms with Gasteiger partial charge in [0.05, 0.1) is 0 Å². The van der Waals surface area contributed by atoms with Gasteiger partial charge in [-0.25, -0.2) is 5.43 Å². The molecular formula is C12H18N4O2. The van der Waals surface area contributed by atoms with Crippen molar-refractivity contribution in [3.63, 3.8) is 0 Å². The van der Waals surface area contributed by atoms with Crippen molar-refractivity contribution in [2.45, 2.75) is 25.8 Å². The Bertz CT molecular complexity index is 420. The monoisotopic (exact) mass is 250 g/mol. The summed E-state index contributed by atoms with van der Waals surface area (Å²) in [4.78, 5) is 25.3. The molecule has 3 aliphatic heterocycles. The molecule has 0 aliphatic carbocycles. The highest BCUT2D eigenvalue weighted by atomic mass is 16.2. The van der Waals surface area contributed by atoms with E-state index in [4.69, 9.17) is 0 Å². The average molecular weight is 250 g/mol. The van der Waals surface area contributed by atoms with Gasteiger partial charge < -0.3 is 10.2 Å². The standard InChI is InChI=1S/C12H18N4O2/c1-7-9-5-13-4-8(9)6-16(7)12(18)10-2-3-11(17)15-14-10/h7-9,13H,2-6H2,1H3,(H,15,17). The van der Waals surface area contributed by atoms with Crippen molar-refractivity contribution in [2.24, 2.45) is 16.9 Å². The van der Waals surface area contributed by atoms with E-state index in [1.165, 1.54) is 0 Å². The van der Waals surface area contributed by atoms with E-state index in [1.807, 2.05) is 4.90 Å². The van der Waals surface area contributed by atoms with Crippen LogP contribution in [0.5, 0.6) is 0 Å². The van der Waals surface area contributed by atoms with Crippen molar-refractivity contribution in [2.75, 3.05) is 19.6 Å². The van der Waals surface area contributed by atoms with Gasteiger partial charge in [-0.15, -0.1) is 0 Å². The number of rotatable bonds is 1. The Morgan fingerprint density at radius 1 is 1.39 bits per heavy atom. The van der Waals surface area contributed by atoms with Crippen molar-refractivity contribution in [3.05, 3.63) is 0 Å². The fourth-order valence-corrected chi connectivity index (χ4v) is 3.23. The molecule has 0 saturated carbocycles. The number of likely N-dealkylation sites (tertiary alicyclic amines) is 1. The van der Waals surface area contributed by atoms with Gasteiger partial charge in [-0.2, -0.15) is 5.10 Å². The summed E-state index contributed by atoms with van der Waals surface area (Å²) in [5.74, 6) is 1.02. The van der Waals surface area contributed by atoms with Crippen molar-refractivity contribution < 1.29 is 9.59 Å². The van der Waals surface area contributed by atoms with Crippen LogP contribution >= 0.6 is 0 Å². The number of carbonyl (C=O) groups excluding carboxylic acids is 2. The van der Waals surface area contributed by atoms with E-state index in [1.54, 1.807) is 0 Å². The third-order valence-corrected chi connectivity index (χ3v) is 4.35. The minimum Gasteiger partial charge on any atom is -0.334 e. The van der Waals surface area contributed by atoms with E-state index in [2.05, 4.69) is 22.8 Å². The molecule has 0 bridgehead atoms. The maximum Gasteiger partial charge on any atom is 0.270 e. The number of hydrogen-bond acceptors (Lipinski definition) is 4. The number of nitrogens with zero attached hydrogens (tertiary/aromatic N) is 2. The molecule has 0 aromatic rings. The van der Waals surface area contributed by atoms with Crippen LogP contribution in [0.3, 0.4) is 0 Å². The summed E-state index contributed by atoms with van der Waals surface area (Å²) in [7, 11) is 0. The molecule has 0 radical (unpaired) electrons. The van der Waals surface area contributed by atoms with Crippen molar-refractivity contribution >= 4 is 17.5 Å². The number of amides is 2. The van der Waals surface area contributed by atoms with E-state index in [0.29, 0.717) is 30.4 Å². The molecular weight excluding hydrogens is 232 g/mol. The zero-order valence-corrected chi connectivity index (χ0v) is 10.5. The van der Waals surface area contributed by atoms with Gasteiger partial charge in [-0.1, -0.05) is 0 Å². The van der Waals surface area contributed by atoms with Crippen LogP contribution in [-0.2, 0) is 9.59 Å². The van der Waals surface area contributed by atoms with Crippen LogP contribution in [0.4, 0.5) is 0 Å². The largest absolute Gasteiger partial charge is 0.334 e. The lowest BCUT2D eigenvalue weighted by Crippen LogP contribution is -2.44. The minimum absolute atomic E-state index is 0.00287. The Morgan fingerprint density at radius 2 is 2.22 bits per heavy atom. The molecule has 3 unspecified atom stereocenters. The lowest BCUT2D eigenvalue weighted by Gasteiger charge is -2.25. The number of nitrogens with one attached hydrogen (secondary N) is 2. The smallest absolute Gasteiger partial charge is 0.270 e. The molecule has 18 heavy (non-hydrogen) atoms. The molecule has 0 aromatic heterocycles. The van der Waals surface area contributed by atoms with E-state index in [-0.39, 0.29) is 17.9 Å². The van der Waals surface area contributed by atoms with Gasteiger partial charge >= 0.3 is 0 Å².